The highest BCUT2D eigenvalue weighted by molar-refractivity contribution is 6.43. The molecule has 0 saturated carbocycles. The van der Waals surface area contributed by atoms with Gasteiger partial charge in [-0.15, -0.1) is 5.10 Å². The Morgan fingerprint density at radius 1 is 1.19 bits per heavy atom. The van der Waals surface area contributed by atoms with E-state index in [0.717, 1.165) is 25.9 Å². The zero-order valence-corrected chi connectivity index (χ0v) is 19.0. The lowest BCUT2D eigenvalue weighted by molar-refractivity contribution is 0.0973. The molecule has 1 spiro atoms. The first kappa shape index (κ1) is 20.8. The lowest BCUT2D eigenvalue weighted by atomic mass is 9.73. The van der Waals surface area contributed by atoms with Gasteiger partial charge in [0.15, 0.2) is 0 Å². The highest BCUT2D eigenvalue weighted by atomic mass is 35.5. The molecule has 2 saturated heterocycles. The molecule has 31 heavy (non-hydrogen) atoms. The van der Waals surface area contributed by atoms with Crippen LogP contribution in [0.1, 0.15) is 19.8 Å². The highest BCUT2D eigenvalue weighted by Crippen LogP contribution is 2.42. The summed E-state index contributed by atoms with van der Waals surface area (Å²) in [5.41, 5.74) is 8.24. The van der Waals surface area contributed by atoms with Gasteiger partial charge in [-0.3, -0.25) is 9.36 Å². The zero-order valence-electron chi connectivity index (χ0n) is 17.5. The van der Waals surface area contributed by atoms with Gasteiger partial charge in [0.2, 0.25) is 5.95 Å². The third kappa shape index (κ3) is 3.18. The van der Waals surface area contributed by atoms with E-state index in [1.54, 1.807) is 28.4 Å². The standard InChI is InChI=1S/C22H25Cl2N5O2/c1-13-19(25)22(12-31-13)7-10-28(11-8-22)21-26-29-9-6-15(18(29)20(30)27(21)2)14-4-3-5-16(23)17(14)24/h3-6,9,13,19H,7-8,10-12,25H2,1-2H3/t13-,19-/m0/s1. The average molecular weight is 462 g/mol. The molecule has 4 heterocycles. The van der Waals surface area contributed by atoms with Crippen LogP contribution in [0.4, 0.5) is 5.95 Å². The van der Waals surface area contributed by atoms with Gasteiger partial charge in [-0.1, -0.05) is 35.3 Å². The lowest BCUT2D eigenvalue weighted by Crippen LogP contribution is -2.51. The Kier molecular flexibility index (Phi) is 5.05. The van der Waals surface area contributed by atoms with Crippen molar-refractivity contribution in [3.63, 3.8) is 0 Å². The minimum atomic E-state index is -0.129. The third-order valence-corrected chi connectivity index (χ3v) is 7.82. The summed E-state index contributed by atoms with van der Waals surface area (Å²) in [6.07, 6.45) is 3.71. The van der Waals surface area contributed by atoms with Crippen LogP contribution >= 0.6 is 23.2 Å². The van der Waals surface area contributed by atoms with Gasteiger partial charge in [-0.25, -0.2) is 4.52 Å². The molecule has 0 bridgehead atoms. The number of aromatic nitrogens is 3. The van der Waals surface area contributed by atoms with E-state index in [-0.39, 0.29) is 23.1 Å². The maximum absolute atomic E-state index is 13.3. The number of anilines is 1. The monoisotopic (exact) mass is 461 g/mol. The smallest absolute Gasteiger partial charge is 0.279 e. The third-order valence-electron chi connectivity index (χ3n) is 7.00. The van der Waals surface area contributed by atoms with Gasteiger partial charge in [-0.2, -0.15) is 0 Å². The molecule has 164 valence electrons. The average Bonchev–Trinajstić information content (AvgIpc) is 3.31. The molecule has 2 atom stereocenters. The Morgan fingerprint density at radius 2 is 1.94 bits per heavy atom. The Hall–Kier alpha value is -2.06. The quantitative estimate of drug-likeness (QED) is 0.632. The van der Waals surface area contributed by atoms with Crippen molar-refractivity contribution < 1.29 is 4.74 Å². The fraction of sp³-hybridized carbons (Fsp3) is 0.455. The van der Waals surface area contributed by atoms with Crippen LogP contribution in [0.3, 0.4) is 0 Å². The predicted molar refractivity (Wildman–Crippen MR) is 123 cm³/mol. The Labute approximate surface area is 190 Å². The van der Waals surface area contributed by atoms with Crippen molar-refractivity contribution in [2.24, 2.45) is 18.2 Å². The molecule has 2 aromatic heterocycles. The molecule has 2 fully saturated rings. The maximum Gasteiger partial charge on any atom is 0.279 e. The van der Waals surface area contributed by atoms with E-state index in [1.807, 2.05) is 25.1 Å². The minimum absolute atomic E-state index is 0.0167. The van der Waals surface area contributed by atoms with Crippen LogP contribution in [0.25, 0.3) is 16.6 Å². The summed E-state index contributed by atoms with van der Waals surface area (Å²) in [7, 11) is 1.76. The molecule has 0 aliphatic carbocycles. The molecule has 0 radical (unpaired) electrons. The summed E-state index contributed by atoms with van der Waals surface area (Å²) in [5, 5.41) is 5.65. The summed E-state index contributed by atoms with van der Waals surface area (Å²) in [6, 6.07) is 7.30. The molecule has 0 unspecified atom stereocenters. The van der Waals surface area contributed by atoms with E-state index in [0.29, 0.717) is 39.2 Å². The summed E-state index contributed by atoms with van der Waals surface area (Å²) in [6.45, 7) is 4.31. The Morgan fingerprint density at radius 3 is 2.61 bits per heavy atom. The number of benzene rings is 1. The molecule has 5 rings (SSSR count). The van der Waals surface area contributed by atoms with Crippen molar-refractivity contribution >= 4 is 34.7 Å². The van der Waals surface area contributed by atoms with Crippen LogP contribution in [0.5, 0.6) is 0 Å². The van der Waals surface area contributed by atoms with Crippen LogP contribution in [0, 0.1) is 5.41 Å². The van der Waals surface area contributed by atoms with Gasteiger partial charge in [-0.05, 0) is 31.9 Å². The second kappa shape index (κ2) is 7.52. The fourth-order valence-corrected chi connectivity index (χ4v) is 5.36. The van der Waals surface area contributed by atoms with Crippen molar-refractivity contribution in [1.82, 2.24) is 14.2 Å². The number of halogens is 2. The van der Waals surface area contributed by atoms with Crippen LogP contribution in [0.15, 0.2) is 35.3 Å². The normalized spacial score (nSPS) is 23.2. The first-order chi connectivity index (χ1) is 14.8. The molecule has 2 N–H and O–H groups in total. The lowest BCUT2D eigenvalue weighted by Gasteiger charge is -2.41. The SMILES string of the molecule is C[C@@H]1OCC2(CCN(c3nn4ccc(-c5cccc(Cl)c5Cl)c4c(=O)n3C)CC2)[C@H]1N. The topological polar surface area (TPSA) is 77.8 Å². The predicted octanol–water partition coefficient (Wildman–Crippen LogP) is 3.34. The molecule has 0 amide bonds. The molecular formula is C22H25Cl2N5O2. The number of rotatable bonds is 2. The van der Waals surface area contributed by atoms with Crippen LogP contribution in [-0.2, 0) is 11.8 Å². The molecule has 3 aromatic rings. The number of nitrogens with zero attached hydrogens (tertiary/aromatic N) is 4. The van der Waals surface area contributed by atoms with E-state index in [4.69, 9.17) is 38.8 Å². The van der Waals surface area contributed by atoms with E-state index in [2.05, 4.69) is 4.90 Å². The summed E-state index contributed by atoms with van der Waals surface area (Å²) in [5.74, 6) is 0.646. The van der Waals surface area contributed by atoms with Crippen LogP contribution in [-0.4, -0.2) is 46.0 Å². The van der Waals surface area contributed by atoms with Crippen LogP contribution < -0.4 is 16.2 Å². The second-order valence-electron chi connectivity index (χ2n) is 8.68. The number of hydrogen-bond acceptors (Lipinski definition) is 5. The van der Waals surface area contributed by atoms with Gasteiger partial charge >= 0.3 is 0 Å². The van der Waals surface area contributed by atoms with E-state index in [9.17, 15) is 4.79 Å². The van der Waals surface area contributed by atoms with Gasteiger partial charge in [0.25, 0.3) is 5.56 Å². The summed E-state index contributed by atoms with van der Waals surface area (Å²) in [4.78, 5) is 15.5. The molecule has 2 aliphatic heterocycles. The summed E-state index contributed by atoms with van der Waals surface area (Å²) < 4.78 is 9.08. The number of nitrogens with two attached hydrogens (primary N) is 1. The molecule has 7 nitrogen and oxygen atoms in total. The molecule has 1 aromatic carbocycles. The summed E-state index contributed by atoms with van der Waals surface area (Å²) >= 11 is 12.6. The number of fused-ring (bicyclic) bond motifs is 1. The maximum atomic E-state index is 13.3. The van der Waals surface area contributed by atoms with Gasteiger partial charge in [0.1, 0.15) is 5.52 Å². The fourth-order valence-electron chi connectivity index (χ4n) is 4.96. The Bertz CT molecular complexity index is 1210. The van der Waals surface area contributed by atoms with Gasteiger partial charge in [0, 0.05) is 48.9 Å². The molecular weight excluding hydrogens is 437 g/mol. The van der Waals surface area contributed by atoms with Crippen LogP contribution in [0.2, 0.25) is 10.0 Å². The van der Waals surface area contributed by atoms with E-state index < -0.39 is 0 Å². The molecule has 2 aliphatic rings. The number of piperidine rings is 1. The largest absolute Gasteiger partial charge is 0.376 e. The second-order valence-corrected chi connectivity index (χ2v) is 9.46. The van der Waals surface area contributed by atoms with Crippen molar-refractivity contribution in [3.05, 3.63) is 50.9 Å². The van der Waals surface area contributed by atoms with Gasteiger partial charge in [0.05, 0.1) is 22.8 Å². The van der Waals surface area contributed by atoms with Crippen molar-refractivity contribution in [2.45, 2.75) is 31.9 Å². The van der Waals surface area contributed by atoms with Gasteiger partial charge < -0.3 is 15.4 Å². The first-order valence-corrected chi connectivity index (χ1v) is 11.2. The number of hydrogen-bond donors (Lipinski definition) is 1. The van der Waals surface area contributed by atoms with E-state index >= 15 is 0 Å². The van der Waals surface area contributed by atoms with Crippen molar-refractivity contribution in [3.8, 4) is 11.1 Å². The Balaban J connectivity index is 1.51. The van der Waals surface area contributed by atoms with Crippen molar-refractivity contribution in [2.75, 3.05) is 24.6 Å². The van der Waals surface area contributed by atoms with E-state index in [1.165, 1.54) is 0 Å². The first-order valence-electron chi connectivity index (χ1n) is 10.5. The zero-order chi connectivity index (χ0) is 21.9. The number of ether oxygens (including phenoxy) is 1. The van der Waals surface area contributed by atoms with Crippen molar-refractivity contribution in [1.29, 1.82) is 0 Å². The minimum Gasteiger partial charge on any atom is -0.376 e. The molecule has 9 heteroatoms. The highest BCUT2D eigenvalue weighted by Gasteiger charge is 2.47.